The SMILES string of the molecule is O=C(OC(CS(=O)(=O)O)C(F)(F)F)c1ccc(F)c(F)c1. The molecule has 1 aromatic carbocycles. The molecule has 0 spiro atoms. The largest absolute Gasteiger partial charge is 0.448 e. The maximum absolute atomic E-state index is 12.8. The van der Waals surface area contributed by atoms with Crippen LogP contribution < -0.4 is 0 Å². The highest BCUT2D eigenvalue weighted by molar-refractivity contribution is 7.85. The van der Waals surface area contributed by atoms with E-state index in [2.05, 4.69) is 4.74 Å². The maximum atomic E-state index is 12.8. The van der Waals surface area contributed by atoms with E-state index < -0.39 is 51.3 Å². The summed E-state index contributed by atoms with van der Waals surface area (Å²) in [6.45, 7) is 0. The van der Waals surface area contributed by atoms with Gasteiger partial charge >= 0.3 is 12.1 Å². The van der Waals surface area contributed by atoms with Crippen LogP contribution in [0, 0.1) is 11.6 Å². The van der Waals surface area contributed by atoms with Crippen molar-refractivity contribution < 1.29 is 44.5 Å². The Balaban J connectivity index is 2.98. The number of carbonyl (C=O) groups excluding carboxylic acids is 1. The summed E-state index contributed by atoms with van der Waals surface area (Å²) in [5, 5.41) is 0. The van der Waals surface area contributed by atoms with Gasteiger partial charge in [-0.25, -0.2) is 13.6 Å². The standard InChI is InChI=1S/C10H7F5O5S/c11-6-2-1-5(3-7(6)12)9(16)20-8(10(13,14)15)4-21(17,18)19/h1-3,8H,4H2,(H,17,18,19). The van der Waals surface area contributed by atoms with Crippen LogP contribution in [0.25, 0.3) is 0 Å². The van der Waals surface area contributed by atoms with Crippen molar-refractivity contribution in [3.63, 3.8) is 0 Å². The van der Waals surface area contributed by atoms with Crippen LogP contribution in [0.4, 0.5) is 22.0 Å². The molecule has 21 heavy (non-hydrogen) atoms. The molecule has 0 radical (unpaired) electrons. The molecule has 1 atom stereocenters. The Labute approximate surface area is 115 Å². The van der Waals surface area contributed by atoms with E-state index in [4.69, 9.17) is 4.55 Å². The minimum Gasteiger partial charge on any atom is -0.448 e. The van der Waals surface area contributed by atoms with Gasteiger partial charge in [0.2, 0.25) is 6.10 Å². The summed E-state index contributed by atoms with van der Waals surface area (Å²) in [7, 11) is -5.08. The second kappa shape index (κ2) is 5.93. The zero-order chi connectivity index (χ0) is 16.4. The Morgan fingerprint density at radius 2 is 1.81 bits per heavy atom. The Morgan fingerprint density at radius 3 is 2.24 bits per heavy atom. The van der Waals surface area contributed by atoms with E-state index in [0.717, 1.165) is 0 Å². The average molecular weight is 334 g/mol. The maximum Gasteiger partial charge on any atom is 0.426 e. The number of hydrogen-bond acceptors (Lipinski definition) is 4. The smallest absolute Gasteiger partial charge is 0.426 e. The van der Waals surface area contributed by atoms with Gasteiger partial charge in [-0.3, -0.25) is 4.55 Å². The van der Waals surface area contributed by atoms with Gasteiger partial charge in [0.15, 0.2) is 11.6 Å². The fourth-order valence-corrected chi connectivity index (χ4v) is 1.85. The van der Waals surface area contributed by atoms with E-state index >= 15 is 0 Å². The molecule has 0 aromatic heterocycles. The fraction of sp³-hybridized carbons (Fsp3) is 0.300. The highest BCUT2D eigenvalue weighted by Crippen LogP contribution is 2.25. The third kappa shape index (κ3) is 5.27. The lowest BCUT2D eigenvalue weighted by atomic mass is 10.2. The van der Waals surface area contributed by atoms with Crippen LogP contribution in [0.2, 0.25) is 0 Å². The normalized spacial score (nSPS) is 13.8. The number of rotatable bonds is 4. The van der Waals surface area contributed by atoms with Gasteiger partial charge in [-0.2, -0.15) is 21.6 Å². The summed E-state index contributed by atoms with van der Waals surface area (Å²) in [5.41, 5.74) is -0.751. The Bertz CT molecular complexity index is 640. The molecular formula is C10H7F5O5S. The Kier molecular flexibility index (Phi) is 4.89. The van der Waals surface area contributed by atoms with E-state index in [1.807, 2.05) is 0 Å². The van der Waals surface area contributed by atoms with Gasteiger partial charge in [0.25, 0.3) is 10.1 Å². The van der Waals surface area contributed by atoms with Gasteiger partial charge in [0.05, 0.1) is 5.56 Å². The van der Waals surface area contributed by atoms with E-state index in [9.17, 15) is 35.2 Å². The van der Waals surface area contributed by atoms with Crippen molar-refractivity contribution in [2.75, 3.05) is 5.75 Å². The summed E-state index contributed by atoms with van der Waals surface area (Å²) < 4.78 is 96.1. The summed E-state index contributed by atoms with van der Waals surface area (Å²) >= 11 is 0. The molecule has 0 saturated heterocycles. The van der Waals surface area contributed by atoms with Crippen LogP contribution >= 0.6 is 0 Å². The number of alkyl halides is 3. The molecule has 5 nitrogen and oxygen atoms in total. The van der Waals surface area contributed by atoms with E-state index in [1.54, 1.807) is 0 Å². The summed E-state index contributed by atoms with van der Waals surface area (Å²) in [5.74, 6) is -6.47. The van der Waals surface area contributed by atoms with Gasteiger partial charge < -0.3 is 4.74 Å². The summed E-state index contributed by atoms with van der Waals surface area (Å²) in [4.78, 5) is 11.4. The molecular weight excluding hydrogens is 327 g/mol. The first kappa shape index (κ1) is 17.3. The Hall–Kier alpha value is -1.75. The molecule has 0 heterocycles. The first-order valence-electron chi connectivity index (χ1n) is 5.08. The fourth-order valence-electron chi connectivity index (χ4n) is 1.21. The average Bonchev–Trinajstić information content (AvgIpc) is 2.28. The van der Waals surface area contributed by atoms with Gasteiger partial charge in [-0.1, -0.05) is 0 Å². The molecule has 0 fully saturated rings. The first-order valence-corrected chi connectivity index (χ1v) is 6.69. The van der Waals surface area contributed by atoms with Crippen molar-refractivity contribution in [2.24, 2.45) is 0 Å². The van der Waals surface area contributed by atoms with E-state index in [-0.39, 0.29) is 0 Å². The van der Waals surface area contributed by atoms with Crippen molar-refractivity contribution in [3.05, 3.63) is 35.4 Å². The molecule has 0 aliphatic heterocycles. The molecule has 0 amide bonds. The van der Waals surface area contributed by atoms with Crippen LogP contribution in [0.1, 0.15) is 10.4 Å². The zero-order valence-corrected chi connectivity index (χ0v) is 10.7. The van der Waals surface area contributed by atoms with Gasteiger partial charge in [0.1, 0.15) is 5.75 Å². The predicted molar refractivity (Wildman–Crippen MR) is 58.0 cm³/mol. The third-order valence-corrected chi connectivity index (χ3v) is 2.86. The zero-order valence-electron chi connectivity index (χ0n) is 9.89. The van der Waals surface area contributed by atoms with Crippen LogP contribution in [-0.4, -0.2) is 37.0 Å². The second-order valence-electron chi connectivity index (χ2n) is 3.81. The summed E-state index contributed by atoms with van der Waals surface area (Å²) in [6, 6.07) is 1.43. The molecule has 1 aromatic rings. The lowest BCUT2D eigenvalue weighted by Gasteiger charge is -2.19. The molecule has 1 unspecified atom stereocenters. The molecule has 118 valence electrons. The molecule has 0 saturated carbocycles. The van der Waals surface area contributed by atoms with Crippen LogP contribution in [0.15, 0.2) is 18.2 Å². The molecule has 0 aliphatic carbocycles. The first-order chi connectivity index (χ1) is 9.40. The molecule has 0 aliphatic rings. The van der Waals surface area contributed by atoms with Crippen molar-refractivity contribution in [2.45, 2.75) is 12.3 Å². The van der Waals surface area contributed by atoms with Crippen LogP contribution in [0.3, 0.4) is 0 Å². The number of ether oxygens (including phenoxy) is 1. The molecule has 11 heteroatoms. The van der Waals surface area contributed by atoms with Gasteiger partial charge in [0, 0.05) is 0 Å². The number of halogens is 5. The Morgan fingerprint density at radius 1 is 1.24 bits per heavy atom. The number of esters is 1. The number of benzene rings is 1. The van der Waals surface area contributed by atoms with Crippen molar-refractivity contribution in [1.82, 2.24) is 0 Å². The van der Waals surface area contributed by atoms with Crippen LogP contribution in [0.5, 0.6) is 0 Å². The lowest BCUT2D eigenvalue weighted by molar-refractivity contribution is -0.197. The number of hydrogen-bond donors (Lipinski definition) is 1. The quantitative estimate of drug-likeness (QED) is 0.517. The van der Waals surface area contributed by atoms with Gasteiger partial charge in [-0.05, 0) is 18.2 Å². The third-order valence-electron chi connectivity index (χ3n) is 2.13. The van der Waals surface area contributed by atoms with Crippen molar-refractivity contribution >= 4 is 16.1 Å². The molecule has 0 bridgehead atoms. The van der Waals surface area contributed by atoms with Crippen LogP contribution in [-0.2, 0) is 14.9 Å². The van der Waals surface area contributed by atoms with Crippen molar-refractivity contribution in [1.29, 1.82) is 0 Å². The number of carbonyl (C=O) groups is 1. The van der Waals surface area contributed by atoms with Gasteiger partial charge in [-0.15, -0.1) is 0 Å². The summed E-state index contributed by atoms with van der Waals surface area (Å²) in [6.07, 6.45) is -8.42. The minimum absolute atomic E-state index is 0.290. The predicted octanol–water partition coefficient (Wildman–Crippen LogP) is 1.94. The van der Waals surface area contributed by atoms with Crippen molar-refractivity contribution in [3.8, 4) is 0 Å². The topological polar surface area (TPSA) is 80.7 Å². The van der Waals surface area contributed by atoms with E-state index in [1.165, 1.54) is 0 Å². The van der Waals surface area contributed by atoms with E-state index in [0.29, 0.717) is 18.2 Å². The molecule has 1 N–H and O–H groups in total. The highest BCUT2D eigenvalue weighted by atomic mass is 32.2. The highest BCUT2D eigenvalue weighted by Gasteiger charge is 2.45. The lowest BCUT2D eigenvalue weighted by Crippen LogP contribution is -2.39. The molecule has 1 rings (SSSR count). The monoisotopic (exact) mass is 334 g/mol. The minimum atomic E-state index is -5.27. The second-order valence-corrected chi connectivity index (χ2v) is 5.31.